The van der Waals surface area contributed by atoms with E-state index in [0.29, 0.717) is 5.92 Å². The lowest BCUT2D eigenvalue weighted by Gasteiger charge is -2.20. The number of nitrogens with two attached hydrogens (primary N) is 1. The van der Waals surface area contributed by atoms with Crippen LogP contribution in [0.4, 0.5) is 0 Å². The average Bonchev–Trinajstić information content (AvgIpc) is 2.98. The average molecular weight is 219 g/mol. The van der Waals surface area contributed by atoms with Gasteiger partial charge in [0.05, 0.1) is 13.2 Å². The Hall–Kier alpha value is -1.06. The summed E-state index contributed by atoms with van der Waals surface area (Å²) in [5.41, 5.74) is 8.77. The van der Waals surface area contributed by atoms with Crippen LogP contribution in [-0.4, -0.2) is 19.8 Å². The van der Waals surface area contributed by atoms with E-state index < -0.39 is 0 Å². The molecule has 2 N–H and O–H groups in total. The smallest absolute Gasteiger partial charge is 0.127 e. The summed E-state index contributed by atoms with van der Waals surface area (Å²) in [6.07, 6.45) is 2.07. The van der Waals surface area contributed by atoms with Crippen molar-refractivity contribution in [3.05, 3.63) is 29.3 Å². The lowest BCUT2D eigenvalue weighted by Crippen LogP contribution is -2.22. The molecule has 0 aliphatic carbocycles. The molecule has 2 heterocycles. The first kappa shape index (κ1) is 10.1. The summed E-state index contributed by atoms with van der Waals surface area (Å²) in [4.78, 5) is 0. The van der Waals surface area contributed by atoms with E-state index in [1.54, 1.807) is 0 Å². The van der Waals surface area contributed by atoms with Crippen molar-refractivity contribution in [3.8, 4) is 5.75 Å². The minimum atomic E-state index is 0.0514. The van der Waals surface area contributed by atoms with E-state index in [0.717, 1.165) is 44.0 Å². The van der Waals surface area contributed by atoms with Crippen molar-refractivity contribution in [1.29, 1.82) is 0 Å². The molecule has 1 aromatic carbocycles. The van der Waals surface area contributed by atoms with Gasteiger partial charge in [-0.05, 0) is 12.0 Å². The van der Waals surface area contributed by atoms with E-state index in [9.17, 15) is 0 Å². The van der Waals surface area contributed by atoms with Gasteiger partial charge in [0.1, 0.15) is 5.75 Å². The second-order valence-corrected chi connectivity index (χ2v) is 4.58. The Morgan fingerprint density at radius 1 is 1.31 bits per heavy atom. The summed E-state index contributed by atoms with van der Waals surface area (Å²) in [5, 5.41) is 0. The molecule has 3 nitrogen and oxygen atoms in total. The van der Waals surface area contributed by atoms with E-state index in [4.69, 9.17) is 15.2 Å². The molecule has 16 heavy (non-hydrogen) atoms. The fourth-order valence-electron chi connectivity index (χ4n) is 2.59. The molecule has 2 aliphatic rings. The van der Waals surface area contributed by atoms with Crippen molar-refractivity contribution in [2.24, 2.45) is 11.7 Å². The second-order valence-electron chi connectivity index (χ2n) is 4.58. The third-order valence-corrected chi connectivity index (χ3v) is 3.58. The van der Waals surface area contributed by atoms with Gasteiger partial charge in [-0.15, -0.1) is 0 Å². The molecular formula is C13H17NO2. The fourth-order valence-corrected chi connectivity index (χ4v) is 2.59. The molecule has 3 rings (SSSR count). The van der Waals surface area contributed by atoms with Crippen molar-refractivity contribution in [2.45, 2.75) is 18.9 Å². The SMILES string of the molecule is NC(c1cccc2c1OCC2)C1CCOC1. The zero-order valence-corrected chi connectivity index (χ0v) is 9.32. The maximum atomic E-state index is 6.31. The first-order chi connectivity index (χ1) is 7.86. The zero-order valence-electron chi connectivity index (χ0n) is 9.32. The minimum absolute atomic E-state index is 0.0514. The van der Waals surface area contributed by atoms with Gasteiger partial charge in [-0.3, -0.25) is 0 Å². The van der Waals surface area contributed by atoms with Gasteiger partial charge in [-0.2, -0.15) is 0 Å². The molecule has 1 saturated heterocycles. The summed E-state index contributed by atoms with van der Waals surface area (Å²) in [6.45, 7) is 2.42. The summed E-state index contributed by atoms with van der Waals surface area (Å²) >= 11 is 0. The first-order valence-corrected chi connectivity index (χ1v) is 5.94. The van der Waals surface area contributed by atoms with Crippen molar-refractivity contribution < 1.29 is 9.47 Å². The Bertz CT molecular complexity index is 386. The Labute approximate surface area is 95.5 Å². The molecule has 1 fully saturated rings. The Morgan fingerprint density at radius 3 is 3.06 bits per heavy atom. The van der Waals surface area contributed by atoms with Crippen LogP contribution in [0.25, 0.3) is 0 Å². The zero-order chi connectivity index (χ0) is 11.0. The highest BCUT2D eigenvalue weighted by molar-refractivity contribution is 5.45. The third-order valence-electron chi connectivity index (χ3n) is 3.58. The summed E-state index contributed by atoms with van der Waals surface area (Å²) in [5.74, 6) is 1.47. The highest BCUT2D eigenvalue weighted by Crippen LogP contribution is 2.37. The highest BCUT2D eigenvalue weighted by Gasteiger charge is 2.28. The molecule has 2 atom stereocenters. The highest BCUT2D eigenvalue weighted by atomic mass is 16.5. The van der Waals surface area contributed by atoms with Gasteiger partial charge < -0.3 is 15.2 Å². The Morgan fingerprint density at radius 2 is 2.25 bits per heavy atom. The number of ether oxygens (including phenoxy) is 2. The van der Waals surface area contributed by atoms with Crippen LogP contribution in [0.2, 0.25) is 0 Å². The molecule has 0 saturated carbocycles. The molecule has 86 valence electrons. The molecule has 2 unspecified atom stereocenters. The molecule has 0 amide bonds. The molecular weight excluding hydrogens is 202 g/mol. The molecule has 0 spiro atoms. The molecule has 3 heteroatoms. The number of rotatable bonds is 2. The van der Waals surface area contributed by atoms with E-state index in [-0.39, 0.29) is 6.04 Å². The molecule has 2 aliphatic heterocycles. The Kier molecular flexibility index (Phi) is 2.58. The van der Waals surface area contributed by atoms with Crippen molar-refractivity contribution in [2.75, 3.05) is 19.8 Å². The van der Waals surface area contributed by atoms with Crippen LogP contribution in [-0.2, 0) is 11.2 Å². The third kappa shape index (κ3) is 1.60. The summed E-state index contributed by atoms with van der Waals surface area (Å²) in [7, 11) is 0. The van der Waals surface area contributed by atoms with Crippen LogP contribution in [0.3, 0.4) is 0 Å². The van der Waals surface area contributed by atoms with Gasteiger partial charge in [0.15, 0.2) is 0 Å². The molecule has 0 radical (unpaired) electrons. The second kappa shape index (κ2) is 4.07. The lowest BCUT2D eigenvalue weighted by molar-refractivity contribution is 0.180. The van der Waals surface area contributed by atoms with Crippen LogP contribution in [0.15, 0.2) is 18.2 Å². The number of para-hydroxylation sites is 1. The summed E-state index contributed by atoms with van der Waals surface area (Å²) in [6, 6.07) is 6.35. The van der Waals surface area contributed by atoms with Gasteiger partial charge in [0.2, 0.25) is 0 Å². The minimum Gasteiger partial charge on any atom is -0.493 e. The lowest BCUT2D eigenvalue weighted by atomic mass is 9.91. The van der Waals surface area contributed by atoms with E-state index >= 15 is 0 Å². The first-order valence-electron chi connectivity index (χ1n) is 5.94. The van der Waals surface area contributed by atoms with Crippen molar-refractivity contribution >= 4 is 0 Å². The number of hydrogen-bond donors (Lipinski definition) is 1. The predicted molar refractivity (Wildman–Crippen MR) is 61.5 cm³/mol. The number of fused-ring (bicyclic) bond motifs is 1. The van der Waals surface area contributed by atoms with Gasteiger partial charge >= 0.3 is 0 Å². The van der Waals surface area contributed by atoms with Gasteiger partial charge in [0.25, 0.3) is 0 Å². The van der Waals surface area contributed by atoms with E-state index in [2.05, 4.69) is 18.2 Å². The van der Waals surface area contributed by atoms with Crippen LogP contribution in [0.1, 0.15) is 23.6 Å². The van der Waals surface area contributed by atoms with Crippen LogP contribution in [0.5, 0.6) is 5.75 Å². The van der Waals surface area contributed by atoms with Crippen LogP contribution < -0.4 is 10.5 Å². The van der Waals surface area contributed by atoms with E-state index in [1.807, 2.05) is 0 Å². The van der Waals surface area contributed by atoms with Crippen molar-refractivity contribution in [1.82, 2.24) is 0 Å². The quantitative estimate of drug-likeness (QED) is 0.822. The van der Waals surface area contributed by atoms with Crippen LogP contribution in [0, 0.1) is 5.92 Å². The van der Waals surface area contributed by atoms with Crippen LogP contribution >= 0.6 is 0 Å². The van der Waals surface area contributed by atoms with Crippen molar-refractivity contribution in [3.63, 3.8) is 0 Å². The standard InChI is InChI=1S/C13H17NO2/c14-12(10-4-6-15-8-10)11-3-1-2-9-5-7-16-13(9)11/h1-3,10,12H,4-8,14H2. The number of benzene rings is 1. The van der Waals surface area contributed by atoms with Gasteiger partial charge in [-0.1, -0.05) is 18.2 Å². The van der Waals surface area contributed by atoms with Gasteiger partial charge in [0, 0.05) is 30.6 Å². The van der Waals surface area contributed by atoms with Gasteiger partial charge in [-0.25, -0.2) is 0 Å². The fraction of sp³-hybridized carbons (Fsp3) is 0.538. The normalized spacial score (nSPS) is 25.2. The topological polar surface area (TPSA) is 44.5 Å². The molecule has 0 aromatic heterocycles. The van der Waals surface area contributed by atoms with E-state index in [1.165, 1.54) is 5.56 Å². The maximum absolute atomic E-state index is 6.31. The number of hydrogen-bond acceptors (Lipinski definition) is 3. The largest absolute Gasteiger partial charge is 0.493 e. The monoisotopic (exact) mass is 219 g/mol. The summed E-state index contributed by atoms with van der Waals surface area (Å²) < 4.78 is 11.1. The molecule has 1 aromatic rings. The molecule has 0 bridgehead atoms. The maximum Gasteiger partial charge on any atom is 0.127 e. The Balaban J connectivity index is 1.91. The predicted octanol–water partition coefficient (Wildman–Crippen LogP) is 1.66.